The summed E-state index contributed by atoms with van der Waals surface area (Å²) in [5.74, 6) is -1.11. The Hall–Kier alpha value is -2.96. The first-order valence-electron chi connectivity index (χ1n) is 6.08. The Morgan fingerprint density at radius 3 is 2.48 bits per heavy atom. The minimum absolute atomic E-state index is 0.150. The quantitative estimate of drug-likeness (QED) is 0.686. The van der Waals surface area contributed by atoms with Crippen molar-refractivity contribution in [2.24, 2.45) is 0 Å². The van der Waals surface area contributed by atoms with Gasteiger partial charge in [-0.2, -0.15) is 0 Å². The highest BCUT2D eigenvalue weighted by molar-refractivity contribution is 5.95. The largest absolute Gasteiger partial charge is 0.478 e. The third-order valence-corrected chi connectivity index (χ3v) is 3.03. The summed E-state index contributed by atoms with van der Waals surface area (Å²) in [5, 5.41) is 19.9. The fourth-order valence-corrected chi connectivity index (χ4v) is 1.86. The monoisotopic (exact) mass is 287 g/mol. The highest BCUT2D eigenvalue weighted by atomic mass is 16.6. The van der Waals surface area contributed by atoms with E-state index in [0.717, 1.165) is 23.5 Å². The van der Waals surface area contributed by atoms with E-state index in [-0.39, 0.29) is 17.1 Å². The molecule has 0 aliphatic carbocycles. The Bertz CT molecular complexity index is 698. The first kappa shape index (κ1) is 14.4. The molecule has 2 aromatic rings. The van der Waals surface area contributed by atoms with Gasteiger partial charge in [-0.05, 0) is 19.1 Å². The van der Waals surface area contributed by atoms with Gasteiger partial charge in [0.05, 0.1) is 4.92 Å². The molecule has 0 unspecified atom stereocenters. The molecule has 108 valence electrons. The number of anilines is 2. The van der Waals surface area contributed by atoms with Crippen molar-refractivity contribution in [1.82, 2.24) is 4.98 Å². The van der Waals surface area contributed by atoms with Crippen LogP contribution in [0.1, 0.15) is 15.9 Å². The second kappa shape index (κ2) is 5.58. The maximum atomic E-state index is 11.3. The molecule has 0 aliphatic rings. The molecule has 0 bridgehead atoms. The van der Waals surface area contributed by atoms with Crippen LogP contribution < -0.4 is 4.90 Å². The zero-order chi connectivity index (χ0) is 15.6. The first-order valence-corrected chi connectivity index (χ1v) is 6.08. The van der Waals surface area contributed by atoms with E-state index >= 15 is 0 Å². The van der Waals surface area contributed by atoms with Gasteiger partial charge in [0, 0.05) is 18.8 Å². The maximum absolute atomic E-state index is 11.3. The van der Waals surface area contributed by atoms with E-state index in [0.29, 0.717) is 0 Å². The van der Waals surface area contributed by atoms with E-state index in [2.05, 4.69) is 4.98 Å². The molecule has 0 atom stereocenters. The molecule has 2 rings (SSSR count). The molecule has 0 spiro atoms. The van der Waals surface area contributed by atoms with Crippen LogP contribution in [0.5, 0.6) is 0 Å². The topological polar surface area (TPSA) is 96.6 Å². The smallest absolute Gasteiger partial charge is 0.339 e. The number of nitrogens with zero attached hydrogens (tertiary/aromatic N) is 3. The average molecular weight is 287 g/mol. The zero-order valence-electron chi connectivity index (χ0n) is 11.5. The second-order valence-electron chi connectivity index (χ2n) is 4.52. The minimum Gasteiger partial charge on any atom is -0.478 e. The van der Waals surface area contributed by atoms with Crippen LogP contribution in [0.4, 0.5) is 17.2 Å². The lowest BCUT2D eigenvalue weighted by atomic mass is 10.2. The van der Waals surface area contributed by atoms with Crippen LogP contribution in [-0.4, -0.2) is 28.0 Å². The molecule has 7 heteroatoms. The number of carboxylic acid groups (broad SMARTS) is 1. The summed E-state index contributed by atoms with van der Waals surface area (Å²) in [5.41, 5.74) is 1.24. The van der Waals surface area contributed by atoms with Gasteiger partial charge in [0.1, 0.15) is 17.6 Å². The molecule has 0 radical (unpaired) electrons. The van der Waals surface area contributed by atoms with Gasteiger partial charge in [-0.15, -0.1) is 0 Å². The molecular formula is C14H13N3O4. The highest BCUT2D eigenvalue weighted by Crippen LogP contribution is 2.27. The number of pyridine rings is 1. The predicted molar refractivity (Wildman–Crippen MR) is 77.1 cm³/mol. The molecule has 1 N–H and O–H groups in total. The molecular weight excluding hydrogens is 274 g/mol. The standard InChI is InChI=1S/C14H13N3O4/c1-9-3-5-10(6-4-9)16(2)13-12(14(18)19)7-11(8-15-13)17(20)21/h3-8H,1-2H3,(H,18,19). The average Bonchev–Trinajstić information content (AvgIpc) is 2.46. The van der Waals surface area contributed by atoms with Crippen LogP contribution in [0.3, 0.4) is 0 Å². The number of aryl methyl sites for hydroxylation is 1. The van der Waals surface area contributed by atoms with E-state index in [1.165, 1.54) is 0 Å². The lowest BCUT2D eigenvalue weighted by Crippen LogP contribution is -2.16. The van der Waals surface area contributed by atoms with Gasteiger partial charge in [-0.1, -0.05) is 17.7 Å². The number of carbonyl (C=O) groups is 1. The summed E-state index contributed by atoms with van der Waals surface area (Å²) in [7, 11) is 1.66. The minimum atomic E-state index is -1.26. The highest BCUT2D eigenvalue weighted by Gasteiger charge is 2.20. The van der Waals surface area contributed by atoms with Crippen LogP contribution in [0.25, 0.3) is 0 Å². The summed E-state index contributed by atoms with van der Waals surface area (Å²) in [6.45, 7) is 1.94. The summed E-state index contributed by atoms with van der Waals surface area (Å²) in [6.07, 6.45) is 1.05. The van der Waals surface area contributed by atoms with Crippen molar-refractivity contribution >= 4 is 23.2 Å². The van der Waals surface area contributed by atoms with Gasteiger partial charge >= 0.3 is 5.97 Å². The van der Waals surface area contributed by atoms with Crippen molar-refractivity contribution in [2.45, 2.75) is 6.92 Å². The number of aromatic carboxylic acids is 1. The molecule has 21 heavy (non-hydrogen) atoms. The van der Waals surface area contributed by atoms with Gasteiger partial charge in [-0.25, -0.2) is 9.78 Å². The van der Waals surface area contributed by atoms with Crippen LogP contribution in [-0.2, 0) is 0 Å². The number of hydrogen-bond acceptors (Lipinski definition) is 5. The van der Waals surface area contributed by atoms with Crippen LogP contribution in [0.2, 0.25) is 0 Å². The van der Waals surface area contributed by atoms with E-state index < -0.39 is 10.9 Å². The lowest BCUT2D eigenvalue weighted by Gasteiger charge is -2.20. The number of benzene rings is 1. The van der Waals surface area contributed by atoms with E-state index in [4.69, 9.17) is 0 Å². The van der Waals surface area contributed by atoms with Crippen LogP contribution in [0, 0.1) is 17.0 Å². The molecule has 0 fully saturated rings. The second-order valence-corrected chi connectivity index (χ2v) is 4.52. The summed E-state index contributed by atoms with van der Waals surface area (Å²) >= 11 is 0. The molecule has 0 aliphatic heterocycles. The maximum Gasteiger partial charge on any atom is 0.339 e. The van der Waals surface area contributed by atoms with Gasteiger partial charge < -0.3 is 10.0 Å². The number of nitro groups is 1. The van der Waals surface area contributed by atoms with Gasteiger partial charge in [-0.3, -0.25) is 10.1 Å². The predicted octanol–water partition coefficient (Wildman–Crippen LogP) is 2.76. The van der Waals surface area contributed by atoms with E-state index in [1.54, 1.807) is 11.9 Å². The number of aromatic nitrogens is 1. The normalized spacial score (nSPS) is 10.2. The third-order valence-electron chi connectivity index (χ3n) is 3.03. The van der Waals surface area contributed by atoms with Gasteiger partial charge in [0.2, 0.25) is 0 Å². The molecule has 1 aromatic heterocycles. The molecule has 1 aromatic carbocycles. The Balaban J connectivity index is 2.49. The van der Waals surface area contributed by atoms with Crippen LogP contribution in [0.15, 0.2) is 36.5 Å². The molecule has 0 saturated heterocycles. The lowest BCUT2D eigenvalue weighted by molar-refractivity contribution is -0.385. The van der Waals surface area contributed by atoms with Gasteiger partial charge in [0.25, 0.3) is 5.69 Å². The molecule has 0 amide bonds. The van der Waals surface area contributed by atoms with Crippen molar-refractivity contribution < 1.29 is 14.8 Å². The Kier molecular flexibility index (Phi) is 3.84. The SMILES string of the molecule is Cc1ccc(N(C)c2ncc([N+](=O)[O-])cc2C(=O)O)cc1. The zero-order valence-corrected chi connectivity index (χ0v) is 11.5. The Morgan fingerprint density at radius 2 is 1.95 bits per heavy atom. The van der Waals surface area contributed by atoms with Gasteiger partial charge in [0.15, 0.2) is 0 Å². The summed E-state index contributed by atoms with van der Waals surface area (Å²) in [4.78, 5) is 26.8. The van der Waals surface area contributed by atoms with Crippen molar-refractivity contribution in [3.63, 3.8) is 0 Å². The summed E-state index contributed by atoms with van der Waals surface area (Å²) in [6, 6.07) is 8.43. The molecule has 7 nitrogen and oxygen atoms in total. The number of carboxylic acids is 1. The van der Waals surface area contributed by atoms with E-state index in [1.807, 2.05) is 31.2 Å². The van der Waals surface area contributed by atoms with E-state index in [9.17, 15) is 20.0 Å². The molecule has 1 heterocycles. The number of rotatable bonds is 4. The fraction of sp³-hybridized carbons (Fsp3) is 0.143. The Morgan fingerprint density at radius 1 is 1.33 bits per heavy atom. The first-order chi connectivity index (χ1) is 9.90. The number of hydrogen-bond donors (Lipinski definition) is 1. The van der Waals surface area contributed by atoms with Crippen LogP contribution >= 0.6 is 0 Å². The Labute approximate surface area is 120 Å². The fourth-order valence-electron chi connectivity index (χ4n) is 1.86. The summed E-state index contributed by atoms with van der Waals surface area (Å²) < 4.78 is 0. The van der Waals surface area contributed by atoms with Crippen molar-refractivity contribution in [1.29, 1.82) is 0 Å². The van der Waals surface area contributed by atoms with Crippen molar-refractivity contribution in [3.8, 4) is 0 Å². The van der Waals surface area contributed by atoms with Crippen molar-refractivity contribution in [3.05, 3.63) is 57.8 Å². The van der Waals surface area contributed by atoms with Crippen molar-refractivity contribution in [2.75, 3.05) is 11.9 Å². The third kappa shape index (κ3) is 2.97. The molecule has 0 saturated carbocycles.